The number of hydrogen-bond acceptors (Lipinski definition) is 3. The lowest BCUT2D eigenvalue weighted by Gasteiger charge is -2.25. The molecular weight excluding hydrogens is 222 g/mol. The lowest BCUT2D eigenvalue weighted by Crippen LogP contribution is -2.32. The summed E-state index contributed by atoms with van der Waals surface area (Å²) in [6.45, 7) is 6.18. The summed E-state index contributed by atoms with van der Waals surface area (Å²) in [7, 11) is 0. The van der Waals surface area contributed by atoms with Gasteiger partial charge in [-0.1, -0.05) is 44.2 Å². The van der Waals surface area contributed by atoms with Crippen LogP contribution in [-0.4, -0.2) is 16.5 Å². The minimum Gasteiger partial charge on any atom is -0.310 e. The minimum absolute atomic E-state index is 0.119. The SMILES string of the molecule is CC(C)(CNCc1ccncn1)c1ccccc1. The van der Waals surface area contributed by atoms with Crippen LogP contribution in [-0.2, 0) is 12.0 Å². The van der Waals surface area contributed by atoms with Crippen LogP contribution in [0.5, 0.6) is 0 Å². The van der Waals surface area contributed by atoms with Gasteiger partial charge in [0.25, 0.3) is 0 Å². The zero-order valence-electron chi connectivity index (χ0n) is 10.9. The smallest absolute Gasteiger partial charge is 0.115 e. The van der Waals surface area contributed by atoms with Gasteiger partial charge in [0.15, 0.2) is 0 Å². The molecule has 0 aliphatic rings. The maximum absolute atomic E-state index is 4.20. The van der Waals surface area contributed by atoms with E-state index in [0.29, 0.717) is 0 Å². The largest absolute Gasteiger partial charge is 0.310 e. The standard InChI is InChI=1S/C15H19N3/c1-15(2,13-6-4-3-5-7-13)11-17-10-14-8-9-16-12-18-14/h3-9,12,17H,10-11H2,1-2H3. The van der Waals surface area contributed by atoms with Crippen molar-refractivity contribution in [3.05, 3.63) is 60.2 Å². The molecule has 0 aliphatic carbocycles. The average molecular weight is 241 g/mol. The highest BCUT2D eigenvalue weighted by molar-refractivity contribution is 5.23. The zero-order chi connectivity index (χ0) is 12.8. The van der Waals surface area contributed by atoms with Crippen LogP contribution in [0.1, 0.15) is 25.1 Å². The van der Waals surface area contributed by atoms with Crippen LogP contribution in [0.4, 0.5) is 0 Å². The van der Waals surface area contributed by atoms with Gasteiger partial charge in [-0.2, -0.15) is 0 Å². The summed E-state index contributed by atoms with van der Waals surface area (Å²) in [4.78, 5) is 8.11. The van der Waals surface area contributed by atoms with Crippen LogP contribution in [0.3, 0.4) is 0 Å². The fourth-order valence-electron chi connectivity index (χ4n) is 1.92. The summed E-state index contributed by atoms with van der Waals surface area (Å²) in [6.07, 6.45) is 3.35. The molecule has 0 radical (unpaired) electrons. The van der Waals surface area contributed by atoms with Crippen molar-refractivity contribution < 1.29 is 0 Å². The second kappa shape index (κ2) is 5.74. The molecule has 94 valence electrons. The van der Waals surface area contributed by atoms with Crippen molar-refractivity contribution in [3.8, 4) is 0 Å². The molecule has 0 aliphatic heterocycles. The lowest BCUT2D eigenvalue weighted by atomic mass is 9.84. The molecule has 3 heteroatoms. The molecule has 18 heavy (non-hydrogen) atoms. The van der Waals surface area contributed by atoms with Crippen LogP contribution in [0.25, 0.3) is 0 Å². The van der Waals surface area contributed by atoms with Gasteiger partial charge in [-0.15, -0.1) is 0 Å². The van der Waals surface area contributed by atoms with Crippen molar-refractivity contribution in [1.29, 1.82) is 0 Å². The van der Waals surface area contributed by atoms with Crippen LogP contribution in [0.15, 0.2) is 48.9 Å². The van der Waals surface area contributed by atoms with Gasteiger partial charge < -0.3 is 5.32 Å². The van der Waals surface area contributed by atoms with E-state index in [1.54, 1.807) is 12.5 Å². The molecule has 0 unspecified atom stereocenters. The number of aromatic nitrogens is 2. The Morgan fingerprint density at radius 2 is 1.89 bits per heavy atom. The first-order valence-corrected chi connectivity index (χ1v) is 6.20. The molecule has 0 amide bonds. The molecule has 0 spiro atoms. The van der Waals surface area contributed by atoms with Crippen molar-refractivity contribution in [2.24, 2.45) is 0 Å². The molecule has 2 aromatic rings. The summed E-state index contributed by atoms with van der Waals surface area (Å²) in [5, 5.41) is 3.45. The molecule has 0 saturated heterocycles. The van der Waals surface area contributed by atoms with Crippen molar-refractivity contribution in [1.82, 2.24) is 15.3 Å². The van der Waals surface area contributed by atoms with Gasteiger partial charge in [0.1, 0.15) is 6.33 Å². The number of hydrogen-bond donors (Lipinski definition) is 1. The van der Waals surface area contributed by atoms with Crippen LogP contribution in [0, 0.1) is 0 Å². The fourth-order valence-corrected chi connectivity index (χ4v) is 1.92. The third-order valence-electron chi connectivity index (χ3n) is 3.07. The summed E-state index contributed by atoms with van der Waals surface area (Å²) in [5.41, 5.74) is 2.49. The van der Waals surface area contributed by atoms with Gasteiger partial charge in [-0.3, -0.25) is 0 Å². The van der Waals surface area contributed by atoms with E-state index in [-0.39, 0.29) is 5.41 Å². The van der Waals surface area contributed by atoms with Crippen LogP contribution < -0.4 is 5.32 Å². The minimum atomic E-state index is 0.119. The van der Waals surface area contributed by atoms with E-state index in [2.05, 4.69) is 53.4 Å². The van der Waals surface area contributed by atoms with Crippen molar-refractivity contribution in [3.63, 3.8) is 0 Å². The summed E-state index contributed by atoms with van der Waals surface area (Å²) in [5.74, 6) is 0. The van der Waals surface area contributed by atoms with E-state index in [4.69, 9.17) is 0 Å². The quantitative estimate of drug-likeness (QED) is 0.874. The van der Waals surface area contributed by atoms with E-state index in [0.717, 1.165) is 18.8 Å². The fraction of sp³-hybridized carbons (Fsp3) is 0.333. The Morgan fingerprint density at radius 1 is 1.11 bits per heavy atom. The van der Waals surface area contributed by atoms with Crippen LogP contribution >= 0.6 is 0 Å². The lowest BCUT2D eigenvalue weighted by molar-refractivity contribution is 0.466. The van der Waals surface area contributed by atoms with Crippen molar-refractivity contribution in [2.45, 2.75) is 25.8 Å². The van der Waals surface area contributed by atoms with E-state index < -0.39 is 0 Å². The van der Waals surface area contributed by atoms with Gasteiger partial charge in [-0.05, 0) is 11.6 Å². The highest BCUT2D eigenvalue weighted by Crippen LogP contribution is 2.21. The second-order valence-corrected chi connectivity index (χ2v) is 5.05. The normalized spacial score (nSPS) is 11.4. The Labute approximate surface area is 108 Å². The Bertz CT molecular complexity index is 466. The molecule has 0 fully saturated rings. The third-order valence-corrected chi connectivity index (χ3v) is 3.07. The Hall–Kier alpha value is -1.74. The topological polar surface area (TPSA) is 37.8 Å². The van der Waals surface area contributed by atoms with Gasteiger partial charge in [0.2, 0.25) is 0 Å². The van der Waals surface area contributed by atoms with Crippen molar-refractivity contribution in [2.75, 3.05) is 6.54 Å². The molecule has 2 rings (SSSR count). The van der Waals surface area contributed by atoms with Gasteiger partial charge in [0.05, 0.1) is 5.69 Å². The Balaban J connectivity index is 1.90. The average Bonchev–Trinajstić information content (AvgIpc) is 2.41. The first kappa shape index (κ1) is 12.7. The summed E-state index contributed by atoms with van der Waals surface area (Å²) in [6, 6.07) is 12.5. The monoisotopic (exact) mass is 241 g/mol. The number of rotatable bonds is 5. The van der Waals surface area contributed by atoms with Crippen LogP contribution in [0.2, 0.25) is 0 Å². The summed E-state index contributed by atoms with van der Waals surface area (Å²) >= 11 is 0. The van der Waals surface area contributed by atoms with Crippen molar-refractivity contribution >= 4 is 0 Å². The maximum Gasteiger partial charge on any atom is 0.115 e. The molecule has 1 aromatic heterocycles. The van der Waals surface area contributed by atoms with Gasteiger partial charge in [0, 0.05) is 24.7 Å². The van der Waals surface area contributed by atoms with E-state index in [1.165, 1.54) is 5.56 Å². The first-order valence-electron chi connectivity index (χ1n) is 6.20. The first-order chi connectivity index (χ1) is 8.68. The molecular formula is C15H19N3. The van der Waals surface area contributed by atoms with E-state index in [9.17, 15) is 0 Å². The third kappa shape index (κ3) is 3.37. The van der Waals surface area contributed by atoms with Gasteiger partial charge >= 0.3 is 0 Å². The molecule has 1 heterocycles. The maximum atomic E-state index is 4.20. The predicted molar refractivity (Wildman–Crippen MR) is 73.2 cm³/mol. The number of benzene rings is 1. The Kier molecular flexibility index (Phi) is 4.05. The molecule has 0 saturated carbocycles. The summed E-state index contributed by atoms with van der Waals surface area (Å²) < 4.78 is 0. The van der Waals surface area contributed by atoms with E-state index in [1.807, 2.05) is 12.1 Å². The van der Waals surface area contributed by atoms with Gasteiger partial charge in [-0.25, -0.2) is 9.97 Å². The zero-order valence-corrected chi connectivity index (χ0v) is 10.9. The molecule has 3 nitrogen and oxygen atoms in total. The second-order valence-electron chi connectivity index (χ2n) is 5.05. The molecule has 0 bridgehead atoms. The Morgan fingerprint density at radius 3 is 2.56 bits per heavy atom. The number of nitrogens with one attached hydrogen (secondary N) is 1. The molecule has 0 atom stereocenters. The molecule has 1 N–H and O–H groups in total. The highest BCUT2D eigenvalue weighted by atomic mass is 14.9. The highest BCUT2D eigenvalue weighted by Gasteiger charge is 2.19. The number of nitrogens with zero attached hydrogens (tertiary/aromatic N) is 2. The predicted octanol–water partition coefficient (Wildman–Crippen LogP) is 2.54. The van der Waals surface area contributed by atoms with E-state index >= 15 is 0 Å². The molecule has 1 aromatic carbocycles.